The number of hydrogen-bond donors (Lipinski definition) is 0. The molecule has 0 N–H and O–H groups in total. The average molecular weight is 590 g/mol. The summed E-state index contributed by atoms with van der Waals surface area (Å²) in [7, 11) is 0. The molecular formula is C42H36B2N2. The van der Waals surface area contributed by atoms with E-state index in [-0.39, 0.29) is 19.7 Å². The first kappa shape index (κ1) is 26.5. The van der Waals surface area contributed by atoms with Gasteiger partial charge in [0, 0.05) is 50.6 Å². The minimum Gasteiger partial charge on any atom is -0.399 e. The van der Waals surface area contributed by atoms with Gasteiger partial charge >= 0.3 is 13.7 Å². The van der Waals surface area contributed by atoms with Crippen LogP contribution in [-0.4, -0.2) is 24.2 Å². The van der Waals surface area contributed by atoms with Crippen LogP contribution in [0.15, 0.2) is 97.1 Å². The van der Waals surface area contributed by atoms with Gasteiger partial charge in [0.2, 0.25) is 0 Å². The first-order chi connectivity index (χ1) is 22.3. The predicted molar refractivity (Wildman–Crippen MR) is 199 cm³/mol. The molecule has 0 bridgehead atoms. The average Bonchev–Trinajstić information content (AvgIpc) is 3.54. The van der Waals surface area contributed by atoms with Crippen LogP contribution in [0.1, 0.15) is 44.9 Å². The second kappa shape index (κ2) is 8.97. The highest BCUT2D eigenvalue weighted by molar-refractivity contribution is 6.93. The normalized spacial score (nSPS) is 18.3. The summed E-state index contributed by atoms with van der Waals surface area (Å²) in [6.45, 7) is 14.0. The van der Waals surface area contributed by atoms with Crippen LogP contribution in [0.2, 0.25) is 0 Å². The van der Waals surface area contributed by atoms with E-state index in [1.165, 1.54) is 99.4 Å². The molecule has 46 heavy (non-hydrogen) atoms. The predicted octanol–water partition coefficient (Wildman–Crippen LogP) is 6.80. The summed E-state index contributed by atoms with van der Waals surface area (Å²) in [6, 6.07) is 28.8. The van der Waals surface area contributed by atoms with Crippen molar-refractivity contribution in [2.45, 2.75) is 53.5 Å². The fourth-order valence-electron chi connectivity index (χ4n) is 10.2. The number of para-hydroxylation sites is 1. The van der Waals surface area contributed by atoms with Crippen molar-refractivity contribution in [2.24, 2.45) is 0 Å². The topological polar surface area (TPSA) is 8.17 Å². The number of allylic oxidation sites excluding steroid dienone is 2. The molecule has 0 radical (unpaired) electrons. The van der Waals surface area contributed by atoms with Crippen LogP contribution in [0.3, 0.4) is 0 Å². The van der Waals surface area contributed by atoms with E-state index in [1.807, 2.05) is 0 Å². The van der Waals surface area contributed by atoms with Gasteiger partial charge < -0.3 is 9.29 Å². The molecule has 5 aromatic carbocycles. The summed E-state index contributed by atoms with van der Waals surface area (Å²) < 4.78 is 2.71. The van der Waals surface area contributed by atoms with Crippen LogP contribution in [-0.2, 0) is 0 Å². The molecule has 0 amide bonds. The van der Waals surface area contributed by atoms with E-state index in [4.69, 9.17) is 0 Å². The van der Waals surface area contributed by atoms with Crippen LogP contribution >= 0.6 is 0 Å². The molecule has 2 nitrogen and oxygen atoms in total. The van der Waals surface area contributed by atoms with E-state index < -0.39 is 0 Å². The third kappa shape index (κ3) is 3.15. The van der Waals surface area contributed by atoms with E-state index in [0.717, 1.165) is 0 Å². The number of benzene rings is 5. The van der Waals surface area contributed by atoms with Crippen molar-refractivity contribution in [1.82, 2.24) is 4.48 Å². The van der Waals surface area contributed by atoms with Gasteiger partial charge in [0.1, 0.15) is 0 Å². The summed E-state index contributed by atoms with van der Waals surface area (Å²) in [5, 5.41) is 2.71. The molecule has 2 atom stereocenters. The molecule has 0 saturated heterocycles. The van der Waals surface area contributed by atoms with E-state index in [1.54, 1.807) is 0 Å². The Morgan fingerprint density at radius 2 is 1.20 bits per heavy atom. The molecule has 0 spiro atoms. The zero-order valence-electron chi connectivity index (χ0n) is 27.4. The lowest BCUT2D eigenvalue weighted by molar-refractivity contribution is 0.763. The van der Waals surface area contributed by atoms with Gasteiger partial charge in [-0.15, -0.1) is 0 Å². The van der Waals surface area contributed by atoms with Crippen LogP contribution in [0.25, 0.3) is 32.9 Å². The van der Waals surface area contributed by atoms with Crippen LogP contribution in [0, 0.1) is 41.5 Å². The van der Waals surface area contributed by atoms with Gasteiger partial charge in [-0.3, -0.25) is 0 Å². The van der Waals surface area contributed by atoms with Crippen molar-refractivity contribution in [1.29, 1.82) is 0 Å². The fraction of sp³-hybridized carbons (Fsp3) is 0.190. The van der Waals surface area contributed by atoms with Gasteiger partial charge in [0.15, 0.2) is 0 Å². The second-order valence-electron chi connectivity index (χ2n) is 14.4. The number of fused-ring (bicyclic) bond motifs is 6. The van der Waals surface area contributed by atoms with E-state index in [9.17, 15) is 0 Å². The SMILES string of the molecule is Cc1cc(C)c(B2c3ccc4c5ccccc5n5c4c3-c3c(ccc4c3N2C2C=CC=CC42)B5c2c(C)cc(C)cc2C)c(C)c1. The fourth-order valence-corrected chi connectivity index (χ4v) is 10.2. The molecule has 220 valence electrons. The number of nitrogens with zero attached hydrogens (tertiary/aromatic N) is 2. The Bertz CT molecular complexity index is 2380. The monoisotopic (exact) mass is 590 g/mol. The highest BCUT2D eigenvalue weighted by atomic mass is 15.2. The van der Waals surface area contributed by atoms with Gasteiger partial charge in [-0.2, -0.15) is 0 Å². The van der Waals surface area contributed by atoms with Crippen molar-refractivity contribution in [3.8, 4) is 11.1 Å². The van der Waals surface area contributed by atoms with Gasteiger partial charge in [0.05, 0.1) is 0 Å². The number of anilines is 1. The summed E-state index contributed by atoms with van der Waals surface area (Å²) in [5.41, 5.74) is 22.5. The lowest BCUT2D eigenvalue weighted by Crippen LogP contribution is -2.64. The van der Waals surface area contributed by atoms with Gasteiger partial charge in [-0.05, 0) is 75.0 Å². The summed E-state index contributed by atoms with van der Waals surface area (Å²) in [4.78, 5) is 2.82. The van der Waals surface area contributed by atoms with Crippen LogP contribution in [0.5, 0.6) is 0 Å². The first-order valence-electron chi connectivity index (χ1n) is 16.8. The zero-order valence-corrected chi connectivity index (χ0v) is 27.4. The Morgan fingerprint density at radius 3 is 1.91 bits per heavy atom. The smallest absolute Gasteiger partial charge is 0.329 e. The quantitative estimate of drug-likeness (QED) is 0.201. The zero-order chi connectivity index (χ0) is 31.2. The standard InChI is InChI=1S/C42H36B2N2/c1-23-19-25(3)39(26(4)20-23)43-33-17-15-32-30-12-8-10-14-36(30)46-42(32)37(33)38-34(44(46)40-27(5)21-24(2)22-28(40)6)18-16-31-29-11-7-9-13-35(29)45(43)41(31)38/h7-22,29,35H,1-6H3. The molecule has 1 aliphatic carbocycles. The Balaban J connectivity index is 1.42. The van der Waals surface area contributed by atoms with Gasteiger partial charge in [-0.1, -0.05) is 124 Å². The third-order valence-corrected chi connectivity index (χ3v) is 11.6. The Labute approximate surface area is 272 Å². The number of aromatic nitrogens is 1. The molecule has 10 rings (SSSR count). The van der Waals surface area contributed by atoms with Crippen molar-refractivity contribution in [3.05, 3.63) is 136 Å². The molecule has 4 aliphatic rings. The van der Waals surface area contributed by atoms with Crippen LogP contribution < -0.4 is 26.7 Å². The maximum atomic E-state index is 2.82. The molecule has 1 aromatic heterocycles. The molecule has 0 fully saturated rings. The number of aryl methyl sites for hydroxylation is 6. The first-order valence-corrected chi connectivity index (χ1v) is 16.8. The van der Waals surface area contributed by atoms with Crippen molar-refractivity contribution >= 4 is 63.0 Å². The van der Waals surface area contributed by atoms with E-state index in [2.05, 4.69) is 148 Å². The second-order valence-corrected chi connectivity index (χ2v) is 14.4. The molecule has 6 aromatic rings. The maximum Gasteiger partial charge on any atom is 0.329 e. The molecule has 4 heteroatoms. The summed E-state index contributed by atoms with van der Waals surface area (Å²) in [6.07, 6.45) is 9.43. The van der Waals surface area contributed by atoms with Gasteiger partial charge in [0.25, 0.3) is 0 Å². The van der Waals surface area contributed by atoms with Gasteiger partial charge in [-0.25, -0.2) is 0 Å². The van der Waals surface area contributed by atoms with E-state index >= 15 is 0 Å². The largest absolute Gasteiger partial charge is 0.399 e. The van der Waals surface area contributed by atoms with Crippen molar-refractivity contribution in [2.75, 3.05) is 4.81 Å². The lowest BCUT2D eigenvalue weighted by Gasteiger charge is -2.43. The molecule has 3 aliphatic heterocycles. The molecule has 0 saturated carbocycles. The lowest BCUT2D eigenvalue weighted by atomic mass is 9.40. The Morgan fingerprint density at radius 1 is 0.587 bits per heavy atom. The highest BCUT2D eigenvalue weighted by Gasteiger charge is 2.52. The summed E-state index contributed by atoms with van der Waals surface area (Å²) >= 11 is 0. The Kier molecular flexibility index (Phi) is 5.17. The number of rotatable bonds is 2. The Hall–Kier alpha value is -4.69. The van der Waals surface area contributed by atoms with E-state index in [0.29, 0.717) is 5.92 Å². The number of hydrogen-bond acceptors (Lipinski definition) is 1. The molecular weight excluding hydrogens is 554 g/mol. The maximum absolute atomic E-state index is 2.82. The summed E-state index contributed by atoms with van der Waals surface area (Å²) in [5.74, 6) is 0.345. The molecule has 2 unspecified atom stereocenters. The minimum atomic E-state index is 0.0982. The third-order valence-electron chi connectivity index (χ3n) is 11.6. The van der Waals surface area contributed by atoms with Crippen molar-refractivity contribution < 1.29 is 0 Å². The highest BCUT2D eigenvalue weighted by Crippen LogP contribution is 2.53. The molecule has 4 heterocycles. The van der Waals surface area contributed by atoms with Crippen LogP contribution in [0.4, 0.5) is 5.69 Å². The van der Waals surface area contributed by atoms with Crippen molar-refractivity contribution in [3.63, 3.8) is 0 Å². The minimum absolute atomic E-state index is 0.0982.